The van der Waals surface area contributed by atoms with E-state index in [-0.39, 0.29) is 17.5 Å². The van der Waals surface area contributed by atoms with Crippen molar-refractivity contribution >= 4 is 15.7 Å². The third kappa shape index (κ3) is 5.38. The summed E-state index contributed by atoms with van der Waals surface area (Å²) in [5.41, 5.74) is 1.91. The van der Waals surface area contributed by atoms with Gasteiger partial charge in [0.25, 0.3) is 0 Å². The van der Waals surface area contributed by atoms with E-state index in [1.807, 2.05) is 31.2 Å². The first-order chi connectivity index (χ1) is 16.4. The number of rotatable bonds is 9. The lowest BCUT2D eigenvalue weighted by atomic mass is 10.1. The van der Waals surface area contributed by atoms with Gasteiger partial charge < -0.3 is 18.8 Å². The summed E-state index contributed by atoms with van der Waals surface area (Å²) in [7, 11) is -0.463. The van der Waals surface area contributed by atoms with E-state index >= 15 is 0 Å². The Balaban J connectivity index is 1.44. The summed E-state index contributed by atoms with van der Waals surface area (Å²) in [5.74, 6) is 2.23. The second-order valence-electron chi connectivity index (χ2n) is 8.24. The van der Waals surface area contributed by atoms with Gasteiger partial charge in [0.15, 0.2) is 0 Å². The van der Waals surface area contributed by atoms with E-state index < -0.39 is 10.0 Å². The minimum atomic E-state index is -3.69. The molecule has 1 aliphatic rings. The summed E-state index contributed by atoms with van der Waals surface area (Å²) in [4.78, 5) is 4.80. The van der Waals surface area contributed by atoms with Crippen LogP contribution in [0, 0.1) is 6.92 Å². The normalized spacial score (nSPS) is 15.8. The monoisotopic (exact) mass is 485 g/mol. The first-order valence-corrected chi connectivity index (χ1v) is 12.7. The van der Waals surface area contributed by atoms with Crippen molar-refractivity contribution in [3.63, 3.8) is 0 Å². The van der Waals surface area contributed by atoms with Crippen molar-refractivity contribution in [3.05, 3.63) is 72.2 Å². The van der Waals surface area contributed by atoms with Crippen LogP contribution in [0.5, 0.6) is 11.5 Å². The second kappa shape index (κ2) is 10.5. The van der Waals surface area contributed by atoms with Crippen molar-refractivity contribution in [1.82, 2.24) is 9.62 Å². The molecule has 1 N–H and O–H groups in total. The van der Waals surface area contributed by atoms with Crippen LogP contribution in [-0.2, 0) is 10.0 Å². The maximum absolute atomic E-state index is 13.0. The zero-order chi connectivity index (χ0) is 24.1. The molecule has 1 aromatic heterocycles. The van der Waals surface area contributed by atoms with Crippen LogP contribution < -0.4 is 19.1 Å². The smallest absolute Gasteiger partial charge is 0.240 e. The number of aryl methyl sites for hydroxylation is 1. The number of ether oxygens (including phenoxy) is 2. The quantitative estimate of drug-likeness (QED) is 0.497. The molecule has 2 aromatic carbocycles. The minimum absolute atomic E-state index is 0.206. The number of nitrogens with zero attached hydrogens (tertiary/aromatic N) is 2. The molecule has 0 unspecified atom stereocenters. The van der Waals surface area contributed by atoms with E-state index in [0.29, 0.717) is 5.75 Å². The number of hydrogen-bond acceptors (Lipinski definition) is 7. The first-order valence-electron chi connectivity index (χ1n) is 11.2. The van der Waals surface area contributed by atoms with Crippen molar-refractivity contribution < 1.29 is 22.3 Å². The number of furan rings is 1. The molecule has 1 saturated heterocycles. The molecular formula is C25H31N3O5S. The Bertz CT molecular complexity index is 1170. The average Bonchev–Trinajstić information content (AvgIpc) is 3.39. The fourth-order valence-corrected chi connectivity index (χ4v) is 5.39. The fraction of sp³-hybridized carbons (Fsp3) is 0.360. The lowest BCUT2D eigenvalue weighted by Gasteiger charge is -2.39. The average molecular weight is 486 g/mol. The molecule has 182 valence electrons. The zero-order valence-electron chi connectivity index (χ0n) is 19.7. The van der Waals surface area contributed by atoms with Crippen molar-refractivity contribution in [2.24, 2.45) is 0 Å². The Labute approximate surface area is 201 Å². The van der Waals surface area contributed by atoms with Crippen LogP contribution in [0.4, 0.5) is 5.69 Å². The number of piperazine rings is 1. The molecule has 0 aliphatic carbocycles. The molecule has 0 bridgehead atoms. The van der Waals surface area contributed by atoms with Gasteiger partial charge in [-0.25, -0.2) is 13.1 Å². The van der Waals surface area contributed by atoms with Crippen LogP contribution in [0.2, 0.25) is 0 Å². The van der Waals surface area contributed by atoms with Crippen LogP contribution in [0.1, 0.15) is 17.4 Å². The maximum atomic E-state index is 13.0. The fourth-order valence-electron chi connectivity index (χ4n) is 4.27. The predicted octanol–water partition coefficient (Wildman–Crippen LogP) is 3.45. The van der Waals surface area contributed by atoms with Crippen LogP contribution in [0.25, 0.3) is 0 Å². The Morgan fingerprint density at radius 2 is 1.74 bits per heavy atom. The maximum Gasteiger partial charge on any atom is 0.240 e. The largest absolute Gasteiger partial charge is 0.497 e. The van der Waals surface area contributed by atoms with Gasteiger partial charge in [-0.15, -0.1) is 0 Å². The molecule has 0 spiro atoms. The van der Waals surface area contributed by atoms with E-state index in [2.05, 4.69) is 26.7 Å². The Morgan fingerprint density at radius 1 is 1.00 bits per heavy atom. The van der Waals surface area contributed by atoms with E-state index in [1.165, 1.54) is 0 Å². The van der Waals surface area contributed by atoms with Gasteiger partial charge in [0.05, 0.1) is 31.4 Å². The number of benzene rings is 2. The molecule has 34 heavy (non-hydrogen) atoms. The van der Waals surface area contributed by atoms with Gasteiger partial charge in [-0.3, -0.25) is 4.90 Å². The van der Waals surface area contributed by atoms with Gasteiger partial charge in [-0.2, -0.15) is 0 Å². The van der Waals surface area contributed by atoms with Gasteiger partial charge >= 0.3 is 0 Å². The molecule has 0 amide bonds. The second-order valence-corrected chi connectivity index (χ2v) is 10.0. The highest BCUT2D eigenvalue weighted by molar-refractivity contribution is 7.89. The van der Waals surface area contributed by atoms with Crippen molar-refractivity contribution in [2.75, 3.05) is 51.8 Å². The van der Waals surface area contributed by atoms with Gasteiger partial charge in [0, 0.05) is 38.4 Å². The predicted molar refractivity (Wildman–Crippen MR) is 131 cm³/mol. The standard InChI is InChI=1S/C25H31N3O5S/c1-19-17-22(10-11-24(19)32-3)34(29,30)26-18-23(25-5-4-16-33-25)28-14-12-27(13-15-28)20-6-8-21(31-2)9-7-20/h4-11,16-17,23,26H,12-15,18H2,1-3H3/t23-/m1/s1. The summed E-state index contributed by atoms with van der Waals surface area (Å²) in [6, 6.07) is 16.4. The molecule has 1 atom stereocenters. The molecular weight excluding hydrogens is 454 g/mol. The van der Waals surface area contributed by atoms with Gasteiger partial charge in [0.2, 0.25) is 10.0 Å². The first kappa shape index (κ1) is 24.1. The van der Waals surface area contributed by atoms with Crippen molar-refractivity contribution in [3.8, 4) is 11.5 Å². The Hall–Kier alpha value is -3.01. The highest BCUT2D eigenvalue weighted by atomic mass is 32.2. The van der Waals surface area contributed by atoms with Crippen LogP contribution >= 0.6 is 0 Å². The third-order valence-corrected chi connectivity index (χ3v) is 7.63. The molecule has 1 fully saturated rings. The Morgan fingerprint density at radius 3 is 2.32 bits per heavy atom. The molecule has 0 saturated carbocycles. The summed E-state index contributed by atoms with van der Waals surface area (Å²) in [6.45, 7) is 5.25. The number of nitrogens with one attached hydrogen (secondary N) is 1. The Kier molecular flexibility index (Phi) is 7.45. The van der Waals surface area contributed by atoms with Gasteiger partial charge in [-0.1, -0.05) is 0 Å². The summed E-state index contributed by atoms with van der Waals surface area (Å²) >= 11 is 0. The third-order valence-electron chi connectivity index (χ3n) is 6.21. The van der Waals surface area contributed by atoms with Crippen LogP contribution in [0.3, 0.4) is 0 Å². The number of methoxy groups -OCH3 is 2. The highest BCUT2D eigenvalue weighted by Crippen LogP contribution is 2.27. The van der Waals surface area contributed by atoms with Crippen molar-refractivity contribution in [2.45, 2.75) is 17.9 Å². The van der Waals surface area contributed by atoms with Gasteiger partial charge in [0.1, 0.15) is 17.3 Å². The highest BCUT2D eigenvalue weighted by Gasteiger charge is 2.29. The van der Waals surface area contributed by atoms with Crippen LogP contribution in [-0.4, -0.2) is 60.3 Å². The number of hydrogen-bond donors (Lipinski definition) is 1. The summed E-state index contributed by atoms with van der Waals surface area (Å²) in [6.07, 6.45) is 1.62. The molecule has 9 heteroatoms. The number of sulfonamides is 1. The van der Waals surface area contributed by atoms with Crippen molar-refractivity contribution in [1.29, 1.82) is 0 Å². The van der Waals surface area contributed by atoms with E-state index in [0.717, 1.165) is 48.9 Å². The summed E-state index contributed by atoms with van der Waals surface area (Å²) < 4.78 is 45.0. The lowest BCUT2D eigenvalue weighted by molar-refractivity contribution is 0.166. The molecule has 8 nitrogen and oxygen atoms in total. The van der Waals surface area contributed by atoms with Crippen LogP contribution in [0.15, 0.2) is 70.2 Å². The number of anilines is 1. The lowest BCUT2D eigenvalue weighted by Crippen LogP contribution is -2.49. The topological polar surface area (TPSA) is 84.2 Å². The van der Waals surface area contributed by atoms with E-state index in [9.17, 15) is 8.42 Å². The molecule has 2 heterocycles. The molecule has 4 rings (SSSR count). The van der Waals surface area contributed by atoms with E-state index in [4.69, 9.17) is 13.9 Å². The molecule has 3 aromatic rings. The molecule has 1 aliphatic heterocycles. The summed E-state index contributed by atoms with van der Waals surface area (Å²) in [5, 5.41) is 0. The zero-order valence-corrected chi connectivity index (χ0v) is 20.5. The minimum Gasteiger partial charge on any atom is -0.497 e. The molecule has 0 radical (unpaired) electrons. The van der Waals surface area contributed by atoms with E-state index in [1.54, 1.807) is 38.7 Å². The van der Waals surface area contributed by atoms with Gasteiger partial charge in [-0.05, 0) is 67.1 Å². The SMILES string of the molecule is COc1ccc(N2CCN([C@H](CNS(=O)(=O)c3ccc(OC)c(C)c3)c3ccco3)CC2)cc1.